The molecule has 16 heavy (non-hydrogen) atoms. The third kappa shape index (κ3) is 2.52. The lowest BCUT2D eigenvalue weighted by Gasteiger charge is -2.20. The summed E-state index contributed by atoms with van der Waals surface area (Å²) in [5, 5.41) is 20.9. The maximum Gasteiger partial charge on any atom is 0.308 e. The predicted octanol–water partition coefficient (Wildman–Crippen LogP) is 0.172. The summed E-state index contributed by atoms with van der Waals surface area (Å²) in [5.41, 5.74) is 0. The van der Waals surface area contributed by atoms with Crippen molar-refractivity contribution in [3.8, 4) is 6.19 Å². The molecule has 0 heterocycles. The maximum absolute atomic E-state index is 11.4. The quantitative estimate of drug-likeness (QED) is 0.308. The summed E-state index contributed by atoms with van der Waals surface area (Å²) in [5.74, 6) is -0.708. The second kappa shape index (κ2) is 5.52. The molecule has 0 bridgehead atoms. The summed E-state index contributed by atoms with van der Waals surface area (Å²) < 4.78 is 4.67. The zero-order valence-electron chi connectivity index (χ0n) is 9.22. The van der Waals surface area contributed by atoms with E-state index < -0.39 is 6.10 Å². The Morgan fingerprint density at radius 3 is 2.94 bits per heavy atom. The molecule has 0 radical (unpaired) electrons. The molecule has 0 aromatic carbocycles. The zero-order chi connectivity index (χ0) is 12.1. The molecule has 0 spiro atoms. The Hall–Kier alpha value is -1.54. The molecule has 0 aromatic heterocycles. The first-order chi connectivity index (χ1) is 7.63. The van der Waals surface area contributed by atoms with Gasteiger partial charge in [-0.15, -0.1) is 6.58 Å². The number of rotatable bonds is 4. The molecule has 0 saturated heterocycles. The maximum atomic E-state index is 11.4. The minimum absolute atomic E-state index is 0.166. The van der Waals surface area contributed by atoms with Crippen LogP contribution in [-0.4, -0.2) is 30.3 Å². The van der Waals surface area contributed by atoms with Crippen LogP contribution >= 0.6 is 0 Å². The van der Waals surface area contributed by atoms with Gasteiger partial charge in [-0.1, -0.05) is 6.08 Å². The molecule has 4 unspecified atom stereocenters. The molecule has 0 amide bonds. The summed E-state index contributed by atoms with van der Waals surface area (Å²) in [4.78, 5) is 11.4. The summed E-state index contributed by atoms with van der Waals surface area (Å²) in [6.45, 7) is 3.51. The molecule has 5 nitrogen and oxygen atoms in total. The minimum atomic E-state index is -0.708. The van der Waals surface area contributed by atoms with Crippen LogP contribution in [0.15, 0.2) is 12.7 Å². The van der Waals surface area contributed by atoms with Gasteiger partial charge in [0, 0.05) is 12.0 Å². The van der Waals surface area contributed by atoms with E-state index in [0.717, 1.165) is 0 Å². The van der Waals surface area contributed by atoms with E-state index in [0.29, 0.717) is 12.8 Å². The molecule has 88 valence electrons. The molecule has 0 aromatic rings. The fraction of sp³-hybridized carbons (Fsp3) is 0.636. The Morgan fingerprint density at radius 2 is 2.44 bits per heavy atom. The Labute approximate surface area is 94.7 Å². The summed E-state index contributed by atoms with van der Waals surface area (Å²) in [6.07, 6.45) is 3.59. The standard InChI is InChI=1S/C11H16N2O3/c1-3-10(14)8-4-7(11(15)16-2)5-9(8)13-6-12/h3,7-10,13-14H,1,4-5H2,2H3. The number of esters is 1. The molecule has 1 rings (SSSR count). The second-order valence-corrected chi connectivity index (χ2v) is 3.94. The third-order valence-electron chi connectivity index (χ3n) is 3.08. The molecule has 2 N–H and O–H groups in total. The largest absolute Gasteiger partial charge is 0.469 e. The van der Waals surface area contributed by atoms with E-state index in [2.05, 4.69) is 16.6 Å². The van der Waals surface area contributed by atoms with Crippen LogP contribution in [0.5, 0.6) is 0 Å². The first kappa shape index (κ1) is 12.5. The summed E-state index contributed by atoms with van der Waals surface area (Å²) in [6, 6.07) is -0.193. The van der Waals surface area contributed by atoms with Crippen LogP contribution in [0.3, 0.4) is 0 Å². The molecule has 1 fully saturated rings. The van der Waals surface area contributed by atoms with E-state index in [1.807, 2.05) is 6.19 Å². The number of nitrogens with one attached hydrogen (secondary N) is 1. The van der Waals surface area contributed by atoms with Gasteiger partial charge in [0.2, 0.25) is 0 Å². The van der Waals surface area contributed by atoms with Gasteiger partial charge in [0.25, 0.3) is 0 Å². The monoisotopic (exact) mass is 224 g/mol. The van der Waals surface area contributed by atoms with Crippen molar-refractivity contribution in [1.29, 1.82) is 5.26 Å². The Balaban J connectivity index is 2.72. The van der Waals surface area contributed by atoms with Gasteiger partial charge >= 0.3 is 5.97 Å². The van der Waals surface area contributed by atoms with Crippen molar-refractivity contribution >= 4 is 5.97 Å². The number of aliphatic hydroxyl groups is 1. The highest BCUT2D eigenvalue weighted by Crippen LogP contribution is 2.34. The zero-order valence-corrected chi connectivity index (χ0v) is 9.22. The first-order valence-electron chi connectivity index (χ1n) is 5.17. The SMILES string of the molecule is C=CC(O)C1CC(C(=O)OC)CC1NC#N. The number of methoxy groups -OCH3 is 1. The lowest BCUT2D eigenvalue weighted by atomic mass is 9.96. The topological polar surface area (TPSA) is 82.3 Å². The van der Waals surface area contributed by atoms with Crippen LogP contribution < -0.4 is 5.32 Å². The second-order valence-electron chi connectivity index (χ2n) is 3.94. The molecular weight excluding hydrogens is 208 g/mol. The lowest BCUT2D eigenvalue weighted by Crippen LogP contribution is -2.34. The summed E-state index contributed by atoms with van der Waals surface area (Å²) in [7, 11) is 1.34. The fourth-order valence-corrected chi connectivity index (χ4v) is 2.23. The Kier molecular flexibility index (Phi) is 4.32. The van der Waals surface area contributed by atoms with Gasteiger partial charge in [-0.05, 0) is 12.8 Å². The Morgan fingerprint density at radius 1 is 1.75 bits per heavy atom. The number of carbonyl (C=O) groups excluding carboxylic acids is 1. The van der Waals surface area contributed by atoms with E-state index in [-0.39, 0.29) is 23.8 Å². The van der Waals surface area contributed by atoms with Crippen LogP contribution in [-0.2, 0) is 9.53 Å². The van der Waals surface area contributed by atoms with Crippen molar-refractivity contribution in [2.75, 3.05) is 7.11 Å². The normalized spacial score (nSPS) is 30.2. The van der Waals surface area contributed by atoms with E-state index >= 15 is 0 Å². The van der Waals surface area contributed by atoms with Gasteiger partial charge in [-0.2, -0.15) is 5.26 Å². The van der Waals surface area contributed by atoms with Crippen molar-refractivity contribution in [3.05, 3.63) is 12.7 Å². The van der Waals surface area contributed by atoms with E-state index in [4.69, 9.17) is 5.26 Å². The van der Waals surface area contributed by atoms with Gasteiger partial charge in [-0.3, -0.25) is 4.79 Å². The highest BCUT2D eigenvalue weighted by molar-refractivity contribution is 5.72. The van der Waals surface area contributed by atoms with Gasteiger partial charge in [0.1, 0.15) is 0 Å². The van der Waals surface area contributed by atoms with Crippen molar-refractivity contribution in [2.45, 2.75) is 25.0 Å². The Bertz CT molecular complexity index is 311. The van der Waals surface area contributed by atoms with E-state index in [1.165, 1.54) is 13.2 Å². The number of nitriles is 1. The third-order valence-corrected chi connectivity index (χ3v) is 3.08. The number of aliphatic hydroxyl groups excluding tert-OH is 1. The van der Waals surface area contributed by atoms with Gasteiger partial charge in [0.15, 0.2) is 6.19 Å². The van der Waals surface area contributed by atoms with Crippen LogP contribution in [0.2, 0.25) is 0 Å². The van der Waals surface area contributed by atoms with E-state index in [1.54, 1.807) is 0 Å². The van der Waals surface area contributed by atoms with Crippen molar-refractivity contribution in [3.63, 3.8) is 0 Å². The lowest BCUT2D eigenvalue weighted by molar-refractivity contribution is -0.145. The number of nitrogens with zero attached hydrogens (tertiary/aromatic N) is 1. The number of ether oxygens (including phenoxy) is 1. The van der Waals surface area contributed by atoms with Crippen molar-refractivity contribution in [1.82, 2.24) is 5.32 Å². The smallest absolute Gasteiger partial charge is 0.308 e. The van der Waals surface area contributed by atoms with Crippen molar-refractivity contribution < 1.29 is 14.6 Å². The molecule has 0 aliphatic heterocycles. The highest BCUT2D eigenvalue weighted by atomic mass is 16.5. The predicted molar refractivity (Wildman–Crippen MR) is 57.0 cm³/mol. The minimum Gasteiger partial charge on any atom is -0.469 e. The van der Waals surface area contributed by atoms with Gasteiger partial charge in [0.05, 0.1) is 19.1 Å². The van der Waals surface area contributed by atoms with Gasteiger partial charge in [-0.25, -0.2) is 0 Å². The number of hydrogen-bond acceptors (Lipinski definition) is 5. The van der Waals surface area contributed by atoms with Crippen LogP contribution in [0, 0.1) is 23.3 Å². The van der Waals surface area contributed by atoms with Gasteiger partial charge < -0.3 is 15.2 Å². The highest BCUT2D eigenvalue weighted by Gasteiger charge is 2.41. The molecule has 5 heteroatoms. The number of hydrogen-bond donors (Lipinski definition) is 2. The molecule has 1 aliphatic carbocycles. The first-order valence-corrected chi connectivity index (χ1v) is 5.17. The van der Waals surface area contributed by atoms with Crippen molar-refractivity contribution in [2.24, 2.45) is 11.8 Å². The molecule has 1 aliphatic rings. The molecule has 4 atom stereocenters. The van der Waals surface area contributed by atoms with Crippen LogP contribution in [0.25, 0.3) is 0 Å². The number of carbonyl (C=O) groups is 1. The van der Waals surface area contributed by atoms with Crippen LogP contribution in [0.1, 0.15) is 12.8 Å². The average Bonchev–Trinajstić information content (AvgIpc) is 2.71. The van der Waals surface area contributed by atoms with E-state index in [9.17, 15) is 9.90 Å². The average molecular weight is 224 g/mol. The molecule has 1 saturated carbocycles. The van der Waals surface area contributed by atoms with Crippen LogP contribution in [0.4, 0.5) is 0 Å². The summed E-state index contributed by atoms with van der Waals surface area (Å²) >= 11 is 0. The molecular formula is C11H16N2O3. The fourth-order valence-electron chi connectivity index (χ4n) is 2.23.